The van der Waals surface area contributed by atoms with E-state index in [0.29, 0.717) is 36.6 Å². The number of nitrogens with one attached hydrogen (secondary N) is 3. The molecule has 0 aliphatic heterocycles. The minimum atomic E-state index is -0.405. The van der Waals surface area contributed by atoms with Gasteiger partial charge in [0.25, 0.3) is 11.5 Å². The molecule has 2 aromatic heterocycles. The van der Waals surface area contributed by atoms with Crippen LogP contribution in [0.15, 0.2) is 35.4 Å². The number of amides is 1. The second kappa shape index (κ2) is 9.39. The van der Waals surface area contributed by atoms with Gasteiger partial charge < -0.3 is 31.4 Å². The Bertz CT molecular complexity index is 1080. The molecular weight excluding hydrogens is 410 g/mol. The standard InChI is InChI=1S/C22H29N7O3/c1-24-18-11-19(26-17-6-3-9-29(22(17)32)14-4-2-5-14)28-20(27-18)16(12-23)21(31)25-13-7-8-15(30)10-13/h3,6,9,11-15,30H,2,4-5,7-8,10,23H2,1H3,(H,25,31)(H2,24,26,27,28)/b16-12+/t13-,15?/m1/s1. The molecule has 1 unspecified atom stereocenters. The van der Waals surface area contributed by atoms with Crippen LogP contribution in [-0.2, 0) is 4.79 Å². The quantitative estimate of drug-likeness (QED) is 0.408. The number of aliphatic hydroxyl groups excluding tert-OH is 1. The number of carbonyl (C=O) groups excluding carboxylic acids is 1. The van der Waals surface area contributed by atoms with Gasteiger partial charge in [0.2, 0.25) is 0 Å². The lowest BCUT2D eigenvalue weighted by atomic mass is 9.93. The Hall–Kier alpha value is -3.40. The zero-order valence-electron chi connectivity index (χ0n) is 18.0. The Kier molecular flexibility index (Phi) is 6.40. The predicted molar refractivity (Wildman–Crippen MR) is 122 cm³/mol. The highest BCUT2D eigenvalue weighted by Crippen LogP contribution is 2.30. The molecule has 0 radical (unpaired) electrons. The van der Waals surface area contributed by atoms with Crippen LogP contribution < -0.4 is 27.2 Å². The van der Waals surface area contributed by atoms with Crippen LogP contribution in [0.3, 0.4) is 0 Å². The summed E-state index contributed by atoms with van der Waals surface area (Å²) in [6.45, 7) is 0. The van der Waals surface area contributed by atoms with Crippen LogP contribution in [0.1, 0.15) is 50.4 Å². The largest absolute Gasteiger partial charge is 0.404 e. The number of nitrogens with zero attached hydrogens (tertiary/aromatic N) is 3. The zero-order valence-corrected chi connectivity index (χ0v) is 18.0. The summed E-state index contributed by atoms with van der Waals surface area (Å²) in [6, 6.07) is 5.31. The number of pyridine rings is 1. The van der Waals surface area contributed by atoms with Crippen LogP contribution in [-0.4, -0.2) is 44.7 Å². The number of rotatable bonds is 7. The van der Waals surface area contributed by atoms with Gasteiger partial charge >= 0.3 is 0 Å². The number of nitrogens with two attached hydrogens (primary N) is 1. The Labute approximate surface area is 186 Å². The van der Waals surface area contributed by atoms with Gasteiger partial charge in [-0.1, -0.05) is 0 Å². The summed E-state index contributed by atoms with van der Waals surface area (Å²) in [5, 5.41) is 18.6. The lowest BCUT2D eigenvalue weighted by Crippen LogP contribution is -2.34. The van der Waals surface area contributed by atoms with Crippen molar-refractivity contribution in [2.24, 2.45) is 5.73 Å². The number of anilines is 3. The second-order valence-electron chi connectivity index (χ2n) is 8.27. The van der Waals surface area contributed by atoms with Crippen LogP contribution in [0.5, 0.6) is 0 Å². The van der Waals surface area contributed by atoms with Crippen LogP contribution in [0.2, 0.25) is 0 Å². The molecule has 170 valence electrons. The van der Waals surface area contributed by atoms with Gasteiger partial charge in [0.1, 0.15) is 17.3 Å². The van der Waals surface area contributed by atoms with E-state index >= 15 is 0 Å². The van der Waals surface area contributed by atoms with Crippen molar-refractivity contribution in [1.29, 1.82) is 0 Å². The number of aliphatic hydroxyl groups is 1. The van der Waals surface area contributed by atoms with Crippen molar-refractivity contribution < 1.29 is 9.90 Å². The van der Waals surface area contributed by atoms with Crippen LogP contribution >= 0.6 is 0 Å². The average Bonchev–Trinajstić information content (AvgIpc) is 3.14. The van der Waals surface area contributed by atoms with E-state index < -0.39 is 12.0 Å². The van der Waals surface area contributed by atoms with Crippen molar-refractivity contribution in [2.75, 3.05) is 17.7 Å². The maximum absolute atomic E-state index is 12.9. The maximum atomic E-state index is 12.9. The third-order valence-corrected chi connectivity index (χ3v) is 6.08. The minimum Gasteiger partial charge on any atom is -0.404 e. The van der Waals surface area contributed by atoms with Gasteiger partial charge in [-0.05, 0) is 50.7 Å². The number of hydrogen-bond donors (Lipinski definition) is 5. The van der Waals surface area contributed by atoms with E-state index in [4.69, 9.17) is 5.73 Å². The van der Waals surface area contributed by atoms with E-state index in [1.54, 1.807) is 29.9 Å². The third kappa shape index (κ3) is 4.59. The van der Waals surface area contributed by atoms with Gasteiger partial charge in [-0.2, -0.15) is 0 Å². The molecule has 1 amide bonds. The number of hydrogen-bond acceptors (Lipinski definition) is 8. The first-order chi connectivity index (χ1) is 15.5. The van der Waals surface area contributed by atoms with E-state index in [2.05, 4.69) is 25.9 Å². The fraction of sp³-hybridized carbons (Fsp3) is 0.455. The summed E-state index contributed by atoms with van der Waals surface area (Å²) in [5.74, 6) is 0.563. The average molecular weight is 440 g/mol. The highest BCUT2D eigenvalue weighted by Gasteiger charge is 2.26. The highest BCUT2D eigenvalue weighted by atomic mass is 16.3. The minimum absolute atomic E-state index is 0.115. The molecule has 32 heavy (non-hydrogen) atoms. The Morgan fingerprint density at radius 3 is 2.66 bits per heavy atom. The molecule has 4 rings (SSSR count). The van der Waals surface area contributed by atoms with Gasteiger partial charge in [-0.25, -0.2) is 9.97 Å². The summed E-state index contributed by atoms with van der Waals surface area (Å²) < 4.78 is 1.75. The Morgan fingerprint density at radius 2 is 2.03 bits per heavy atom. The normalized spacial score (nSPS) is 21.1. The van der Waals surface area contributed by atoms with Gasteiger partial charge in [-0.3, -0.25) is 9.59 Å². The zero-order chi connectivity index (χ0) is 22.7. The molecule has 2 atom stereocenters. The predicted octanol–water partition coefficient (Wildman–Crippen LogP) is 1.48. The second-order valence-corrected chi connectivity index (χ2v) is 8.27. The van der Waals surface area contributed by atoms with Gasteiger partial charge in [0, 0.05) is 37.6 Å². The van der Waals surface area contributed by atoms with Crippen molar-refractivity contribution in [2.45, 2.75) is 56.7 Å². The van der Waals surface area contributed by atoms with E-state index in [1.807, 2.05) is 6.07 Å². The lowest BCUT2D eigenvalue weighted by Gasteiger charge is -2.27. The molecule has 2 saturated carbocycles. The fourth-order valence-electron chi connectivity index (χ4n) is 4.06. The first-order valence-corrected chi connectivity index (χ1v) is 10.9. The molecule has 2 heterocycles. The van der Waals surface area contributed by atoms with Crippen molar-refractivity contribution in [3.05, 3.63) is 46.8 Å². The molecule has 0 bridgehead atoms. The molecule has 2 aliphatic rings. The summed E-state index contributed by atoms with van der Waals surface area (Å²) in [6.07, 6.45) is 7.58. The number of aromatic nitrogens is 3. The molecule has 10 heteroatoms. The van der Waals surface area contributed by atoms with Crippen LogP contribution in [0, 0.1) is 0 Å². The molecule has 2 aromatic rings. The molecule has 0 aromatic carbocycles. The first kappa shape index (κ1) is 21.8. The first-order valence-electron chi connectivity index (χ1n) is 10.9. The molecule has 6 N–H and O–H groups in total. The van der Waals surface area contributed by atoms with Crippen LogP contribution in [0.4, 0.5) is 17.3 Å². The summed E-state index contributed by atoms with van der Waals surface area (Å²) in [7, 11) is 1.70. The smallest absolute Gasteiger partial charge is 0.274 e. The SMILES string of the molecule is CNc1cc(Nc2cccn(C3CCC3)c2=O)nc(/C(=C\N)C(=O)N[C@@H]2CCC(O)C2)n1. The number of carbonyl (C=O) groups is 1. The van der Waals surface area contributed by atoms with Gasteiger partial charge in [-0.15, -0.1) is 0 Å². The van der Waals surface area contributed by atoms with Gasteiger partial charge in [0.15, 0.2) is 5.82 Å². The van der Waals surface area contributed by atoms with Crippen molar-refractivity contribution in [3.8, 4) is 0 Å². The third-order valence-electron chi connectivity index (χ3n) is 6.08. The van der Waals surface area contributed by atoms with Crippen molar-refractivity contribution in [1.82, 2.24) is 19.9 Å². The van der Waals surface area contributed by atoms with E-state index in [-0.39, 0.29) is 29.0 Å². The van der Waals surface area contributed by atoms with E-state index in [0.717, 1.165) is 19.3 Å². The molecule has 2 fully saturated rings. The summed E-state index contributed by atoms with van der Waals surface area (Å²) in [5.41, 5.74) is 6.15. The van der Waals surface area contributed by atoms with E-state index in [9.17, 15) is 14.7 Å². The monoisotopic (exact) mass is 439 g/mol. The topological polar surface area (TPSA) is 147 Å². The summed E-state index contributed by atoms with van der Waals surface area (Å²) in [4.78, 5) is 34.5. The maximum Gasteiger partial charge on any atom is 0.274 e. The highest BCUT2D eigenvalue weighted by molar-refractivity contribution is 6.18. The molecule has 2 aliphatic carbocycles. The van der Waals surface area contributed by atoms with Crippen molar-refractivity contribution >= 4 is 28.8 Å². The summed E-state index contributed by atoms with van der Waals surface area (Å²) >= 11 is 0. The fourth-order valence-corrected chi connectivity index (χ4v) is 4.06. The Morgan fingerprint density at radius 1 is 1.25 bits per heavy atom. The lowest BCUT2D eigenvalue weighted by molar-refractivity contribution is -0.116. The molecule has 10 nitrogen and oxygen atoms in total. The van der Waals surface area contributed by atoms with Gasteiger partial charge in [0.05, 0.1) is 11.7 Å². The van der Waals surface area contributed by atoms with E-state index in [1.165, 1.54) is 6.20 Å². The van der Waals surface area contributed by atoms with Crippen molar-refractivity contribution in [3.63, 3.8) is 0 Å². The molecule has 0 saturated heterocycles. The molecule has 0 spiro atoms. The Balaban J connectivity index is 1.58. The van der Waals surface area contributed by atoms with Crippen LogP contribution in [0.25, 0.3) is 5.57 Å². The molecular formula is C22H29N7O3.